The summed E-state index contributed by atoms with van der Waals surface area (Å²) in [5, 5.41) is 7.42. The van der Waals surface area contributed by atoms with E-state index in [1.54, 1.807) is 18.5 Å². The largest absolute Gasteiger partial charge is 0.449 e. The Morgan fingerprint density at radius 1 is 1.18 bits per heavy atom. The SMILES string of the molecule is CN(C)Cc1ccc(C(=O)C2CCC3(CC2)NC3CNC(=O)c2cc3ccncc3o2)cc1. The molecule has 2 aliphatic rings. The third-order valence-corrected chi connectivity index (χ3v) is 7.04. The number of furan rings is 1. The van der Waals surface area contributed by atoms with E-state index >= 15 is 0 Å². The van der Waals surface area contributed by atoms with E-state index in [-0.39, 0.29) is 29.2 Å². The van der Waals surface area contributed by atoms with Crippen LogP contribution in [0, 0.1) is 5.92 Å². The van der Waals surface area contributed by atoms with Gasteiger partial charge in [-0.1, -0.05) is 24.3 Å². The lowest BCUT2D eigenvalue weighted by atomic mass is 9.76. The van der Waals surface area contributed by atoms with Gasteiger partial charge in [0, 0.05) is 47.7 Å². The molecule has 0 bridgehead atoms. The third kappa shape index (κ3) is 4.56. The zero-order valence-electron chi connectivity index (χ0n) is 19.1. The topological polar surface area (TPSA) is 97.4 Å². The highest BCUT2D eigenvalue weighted by molar-refractivity contribution is 5.98. The van der Waals surface area contributed by atoms with Gasteiger partial charge in [-0.25, -0.2) is 0 Å². The maximum Gasteiger partial charge on any atom is 0.287 e. The van der Waals surface area contributed by atoms with Crippen molar-refractivity contribution >= 4 is 22.7 Å². The zero-order valence-corrected chi connectivity index (χ0v) is 19.1. The summed E-state index contributed by atoms with van der Waals surface area (Å²) in [5.41, 5.74) is 2.69. The van der Waals surface area contributed by atoms with Gasteiger partial charge in [0.2, 0.25) is 0 Å². The lowest BCUT2D eigenvalue weighted by molar-refractivity contribution is 0.0879. The van der Waals surface area contributed by atoms with Crippen LogP contribution in [-0.2, 0) is 6.54 Å². The number of hydrogen-bond acceptors (Lipinski definition) is 6. The minimum atomic E-state index is -0.211. The molecule has 1 unspecified atom stereocenters. The predicted molar refractivity (Wildman–Crippen MR) is 126 cm³/mol. The van der Waals surface area contributed by atoms with Crippen molar-refractivity contribution in [2.45, 2.75) is 43.8 Å². The van der Waals surface area contributed by atoms with Crippen LogP contribution in [0.3, 0.4) is 0 Å². The van der Waals surface area contributed by atoms with Crippen molar-refractivity contribution in [3.63, 3.8) is 0 Å². The molecule has 1 amide bonds. The smallest absolute Gasteiger partial charge is 0.287 e. The Bertz CT molecular complexity index is 1130. The van der Waals surface area contributed by atoms with Crippen LogP contribution in [0.2, 0.25) is 0 Å². The lowest BCUT2D eigenvalue weighted by Gasteiger charge is -2.27. The van der Waals surface area contributed by atoms with Crippen molar-refractivity contribution in [2.75, 3.05) is 20.6 Å². The van der Waals surface area contributed by atoms with Crippen LogP contribution in [0.5, 0.6) is 0 Å². The number of fused-ring (bicyclic) bond motifs is 1. The number of amides is 1. The third-order valence-electron chi connectivity index (χ3n) is 7.04. The number of aromatic nitrogens is 1. The molecule has 1 atom stereocenters. The standard InChI is InChI=1S/C26H30N4O3/c1-30(2)16-17-3-5-18(6-4-17)24(31)19-7-10-26(11-8-19)23(29-26)15-28-25(32)21-13-20-9-12-27-14-22(20)33-21/h3-6,9,12-14,19,23,29H,7-8,10-11,15-16H2,1-2H3,(H,28,32). The summed E-state index contributed by atoms with van der Waals surface area (Å²) in [6.45, 7) is 1.43. The average Bonchev–Trinajstić information content (AvgIpc) is 3.29. The van der Waals surface area contributed by atoms with Gasteiger partial charge in [-0.15, -0.1) is 0 Å². The van der Waals surface area contributed by atoms with Gasteiger partial charge in [-0.2, -0.15) is 0 Å². The highest BCUT2D eigenvalue weighted by atomic mass is 16.3. The molecular formula is C26H30N4O3. The fourth-order valence-electron chi connectivity index (χ4n) is 5.09. The van der Waals surface area contributed by atoms with E-state index in [9.17, 15) is 9.59 Å². The molecule has 3 aromatic rings. The van der Waals surface area contributed by atoms with Gasteiger partial charge in [-0.3, -0.25) is 14.6 Å². The van der Waals surface area contributed by atoms with Crippen molar-refractivity contribution in [1.82, 2.24) is 20.5 Å². The molecule has 7 heteroatoms. The predicted octanol–water partition coefficient (Wildman–Crippen LogP) is 3.40. The summed E-state index contributed by atoms with van der Waals surface area (Å²) in [6, 6.07) is 11.8. The van der Waals surface area contributed by atoms with Crippen LogP contribution >= 0.6 is 0 Å². The van der Waals surface area contributed by atoms with Gasteiger partial charge in [0.15, 0.2) is 17.1 Å². The number of nitrogens with one attached hydrogen (secondary N) is 2. The first kappa shape index (κ1) is 21.8. The lowest BCUT2D eigenvalue weighted by Crippen LogP contribution is -2.33. The molecule has 7 nitrogen and oxygen atoms in total. The molecule has 172 valence electrons. The van der Waals surface area contributed by atoms with Crippen molar-refractivity contribution in [2.24, 2.45) is 5.92 Å². The van der Waals surface area contributed by atoms with Gasteiger partial charge >= 0.3 is 0 Å². The summed E-state index contributed by atoms with van der Waals surface area (Å²) in [7, 11) is 4.08. The second kappa shape index (κ2) is 8.72. The molecule has 5 rings (SSSR count). The number of pyridine rings is 1. The number of carbonyl (C=O) groups excluding carboxylic acids is 2. The quantitative estimate of drug-likeness (QED) is 0.426. The fourth-order valence-corrected chi connectivity index (χ4v) is 5.09. The number of nitrogens with zero attached hydrogens (tertiary/aromatic N) is 2. The molecule has 33 heavy (non-hydrogen) atoms. The average molecular weight is 447 g/mol. The van der Waals surface area contributed by atoms with Crippen molar-refractivity contribution in [1.29, 1.82) is 0 Å². The molecule has 1 aliphatic carbocycles. The molecule has 2 aromatic heterocycles. The Kier molecular flexibility index (Phi) is 5.76. The van der Waals surface area contributed by atoms with E-state index in [2.05, 4.69) is 32.7 Å². The van der Waals surface area contributed by atoms with E-state index in [1.807, 2.05) is 32.3 Å². The Morgan fingerprint density at radius 2 is 1.94 bits per heavy atom. The molecule has 1 aliphatic heterocycles. The van der Waals surface area contributed by atoms with E-state index in [1.165, 1.54) is 5.56 Å². The van der Waals surface area contributed by atoms with Gasteiger partial charge < -0.3 is 20.0 Å². The first-order valence-electron chi connectivity index (χ1n) is 11.6. The van der Waals surface area contributed by atoms with Gasteiger partial charge in [0.1, 0.15) is 0 Å². The Balaban J connectivity index is 1.11. The summed E-state index contributed by atoms with van der Waals surface area (Å²) in [6.07, 6.45) is 6.97. The number of carbonyl (C=O) groups is 2. The van der Waals surface area contributed by atoms with Crippen LogP contribution in [0.1, 0.15) is 52.2 Å². The van der Waals surface area contributed by atoms with E-state index in [0.717, 1.165) is 43.2 Å². The second-order valence-corrected chi connectivity index (χ2v) is 9.66. The van der Waals surface area contributed by atoms with Crippen molar-refractivity contribution in [3.8, 4) is 0 Å². The summed E-state index contributed by atoms with van der Waals surface area (Å²) < 4.78 is 5.59. The summed E-state index contributed by atoms with van der Waals surface area (Å²) in [4.78, 5) is 31.6. The number of rotatable bonds is 7. The Morgan fingerprint density at radius 3 is 2.64 bits per heavy atom. The number of benzene rings is 1. The highest BCUT2D eigenvalue weighted by Gasteiger charge is 2.54. The number of Topliss-reactive ketones (excluding diaryl/α,β-unsaturated/α-hetero) is 1. The van der Waals surface area contributed by atoms with E-state index in [0.29, 0.717) is 17.9 Å². The first-order chi connectivity index (χ1) is 15.9. The van der Waals surface area contributed by atoms with E-state index in [4.69, 9.17) is 4.42 Å². The van der Waals surface area contributed by atoms with Gasteiger partial charge in [-0.05, 0) is 57.5 Å². The molecule has 3 heterocycles. The highest BCUT2D eigenvalue weighted by Crippen LogP contribution is 2.43. The second-order valence-electron chi connectivity index (χ2n) is 9.66. The van der Waals surface area contributed by atoms with Crippen LogP contribution in [0.15, 0.2) is 53.2 Å². The summed E-state index contributed by atoms with van der Waals surface area (Å²) >= 11 is 0. The fraction of sp³-hybridized carbons (Fsp3) is 0.423. The molecule has 1 spiro atoms. The van der Waals surface area contributed by atoms with Crippen LogP contribution in [0.25, 0.3) is 11.0 Å². The van der Waals surface area contributed by atoms with Gasteiger partial charge in [0.05, 0.1) is 6.20 Å². The normalized spacial score (nSPS) is 24.3. The molecule has 2 N–H and O–H groups in total. The maximum atomic E-state index is 13.0. The maximum absolute atomic E-state index is 13.0. The van der Waals surface area contributed by atoms with Crippen LogP contribution in [0.4, 0.5) is 0 Å². The molecular weight excluding hydrogens is 416 g/mol. The molecule has 0 radical (unpaired) electrons. The monoisotopic (exact) mass is 446 g/mol. The first-order valence-corrected chi connectivity index (χ1v) is 11.6. The summed E-state index contributed by atoms with van der Waals surface area (Å²) in [5.74, 6) is 0.429. The van der Waals surface area contributed by atoms with Crippen molar-refractivity contribution in [3.05, 3.63) is 65.7 Å². The van der Waals surface area contributed by atoms with E-state index < -0.39 is 0 Å². The number of hydrogen-bond donors (Lipinski definition) is 2. The van der Waals surface area contributed by atoms with Crippen LogP contribution < -0.4 is 10.6 Å². The molecule has 1 saturated heterocycles. The molecule has 2 fully saturated rings. The van der Waals surface area contributed by atoms with Gasteiger partial charge in [0.25, 0.3) is 5.91 Å². The van der Waals surface area contributed by atoms with Crippen molar-refractivity contribution < 1.29 is 14.0 Å². The zero-order chi connectivity index (χ0) is 23.0. The minimum Gasteiger partial charge on any atom is -0.449 e. The Labute approximate surface area is 193 Å². The minimum absolute atomic E-state index is 0.0530. The molecule has 1 aromatic carbocycles. The molecule has 1 saturated carbocycles. The Hall–Kier alpha value is -3.03. The van der Waals surface area contributed by atoms with Crippen LogP contribution in [-0.4, -0.2) is 53.8 Å². The number of ketones is 1.